The Kier molecular flexibility index (Phi) is 7.24. The van der Waals surface area contributed by atoms with E-state index >= 15 is 0 Å². The first kappa shape index (κ1) is 15.3. The van der Waals surface area contributed by atoms with Crippen molar-refractivity contribution in [2.45, 2.75) is 45.3 Å². The fraction of sp³-hybridized carbons (Fsp3) is 0.900. The molecule has 0 aliphatic carbocycles. The van der Waals surface area contributed by atoms with Crippen LogP contribution in [0.2, 0.25) is 0 Å². The number of hydrogen-bond donors (Lipinski definition) is 4. The van der Waals surface area contributed by atoms with E-state index in [4.69, 9.17) is 15.7 Å². The van der Waals surface area contributed by atoms with Crippen molar-refractivity contribution in [3.8, 4) is 0 Å². The van der Waals surface area contributed by atoms with Crippen LogP contribution in [0.3, 0.4) is 0 Å². The molecular weight excluding hydrogens is 210 g/mol. The third kappa shape index (κ3) is 8.60. The lowest BCUT2D eigenvalue weighted by molar-refractivity contribution is -0.150. The standard InChI is InChI=1S/C10H23N3O3/c1-10(2,3)16-13-8(9(14)15)5-4-6-12-7-11/h8,12-13H,4-7,11H2,1-3H3,(H,14,15). The van der Waals surface area contributed by atoms with E-state index in [1.54, 1.807) is 0 Å². The number of nitrogens with one attached hydrogen (secondary N) is 2. The third-order valence-corrected chi connectivity index (χ3v) is 1.80. The molecule has 5 N–H and O–H groups in total. The highest BCUT2D eigenvalue weighted by molar-refractivity contribution is 5.73. The van der Waals surface area contributed by atoms with E-state index in [0.29, 0.717) is 19.6 Å². The molecule has 1 atom stereocenters. The van der Waals surface area contributed by atoms with Crippen molar-refractivity contribution in [3.05, 3.63) is 0 Å². The number of aliphatic carboxylic acids is 1. The normalized spacial score (nSPS) is 13.8. The predicted octanol–water partition coefficient (Wildman–Crippen LogP) is 0.0453. The lowest BCUT2D eigenvalue weighted by atomic mass is 10.1. The third-order valence-electron chi connectivity index (χ3n) is 1.80. The van der Waals surface area contributed by atoms with E-state index in [0.717, 1.165) is 6.42 Å². The summed E-state index contributed by atoms with van der Waals surface area (Å²) in [5.41, 5.74) is 7.43. The number of hydrogen-bond acceptors (Lipinski definition) is 5. The topological polar surface area (TPSA) is 96.6 Å². The molecule has 0 radical (unpaired) electrons. The second-order valence-corrected chi connectivity index (χ2v) is 4.57. The van der Waals surface area contributed by atoms with Gasteiger partial charge in [0.05, 0.1) is 5.60 Å². The number of rotatable bonds is 8. The molecular formula is C10H23N3O3. The minimum absolute atomic E-state index is 0.400. The fourth-order valence-electron chi connectivity index (χ4n) is 1.01. The number of nitrogens with two attached hydrogens (primary N) is 1. The molecule has 6 heteroatoms. The molecule has 0 aromatic carbocycles. The van der Waals surface area contributed by atoms with Crippen LogP contribution < -0.4 is 16.5 Å². The van der Waals surface area contributed by atoms with Crippen molar-refractivity contribution in [2.75, 3.05) is 13.2 Å². The van der Waals surface area contributed by atoms with Gasteiger partial charge in [-0.3, -0.25) is 9.63 Å². The summed E-state index contributed by atoms with van der Waals surface area (Å²) in [6.07, 6.45) is 1.23. The highest BCUT2D eigenvalue weighted by Gasteiger charge is 2.20. The Labute approximate surface area is 96.5 Å². The highest BCUT2D eigenvalue weighted by Crippen LogP contribution is 2.06. The largest absolute Gasteiger partial charge is 0.480 e. The second-order valence-electron chi connectivity index (χ2n) is 4.57. The average Bonchev–Trinajstić information content (AvgIpc) is 2.14. The second kappa shape index (κ2) is 7.56. The zero-order valence-electron chi connectivity index (χ0n) is 10.2. The van der Waals surface area contributed by atoms with E-state index in [2.05, 4.69) is 10.8 Å². The van der Waals surface area contributed by atoms with Crippen molar-refractivity contribution >= 4 is 5.97 Å². The quantitative estimate of drug-likeness (QED) is 0.269. The Hall–Kier alpha value is -0.690. The maximum atomic E-state index is 10.9. The van der Waals surface area contributed by atoms with Gasteiger partial charge in [-0.2, -0.15) is 5.48 Å². The van der Waals surface area contributed by atoms with Gasteiger partial charge in [0, 0.05) is 6.67 Å². The first-order valence-corrected chi connectivity index (χ1v) is 5.44. The maximum Gasteiger partial charge on any atom is 0.323 e. The van der Waals surface area contributed by atoms with E-state index in [-0.39, 0.29) is 0 Å². The fourth-order valence-corrected chi connectivity index (χ4v) is 1.01. The van der Waals surface area contributed by atoms with Crippen molar-refractivity contribution in [3.63, 3.8) is 0 Å². The van der Waals surface area contributed by atoms with Crippen molar-refractivity contribution in [1.82, 2.24) is 10.8 Å². The summed E-state index contributed by atoms with van der Waals surface area (Å²) in [6, 6.07) is -0.682. The molecule has 0 rings (SSSR count). The molecule has 0 bridgehead atoms. The Morgan fingerprint density at radius 1 is 1.50 bits per heavy atom. The minimum Gasteiger partial charge on any atom is -0.480 e. The van der Waals surface area contributed by atoms with Gasteiger partial charge in [-0.25, -0.2) is 0 Å². The van der Waals surface area contributed by atoms with Crippen LogP contribution in [-0.4, -0.2) is 35.9 Å². The van der Waals surface area contributed by atoms with E-state index in [9.17, 15) is 4.79 Å². The lowest BCUT2D eigenvalue weighted by Crippen LogP contribution is -2.41. The number of carbonyl (C=O) groups is 1. The Bertz CT molecular complexity index is 204. The number of carboxylic acids is 1. The Balaban J connectivity index is 3.85. The number of carboxylic acid groups (broad SMARTS) is 1. The van der Waals surface area contributed by atoms with Crippen LogP contribution in [0.4, 0.5) is 0 Å². The van der Waals surface area contributed by atoms with Crippen molar-refractivity contribution < 1.29 is 14.7 Å². The monoisotopic (exact) mass is 233 g/mol. The molecule has 0 spiro atoms. The predicted molar refractivity (Wildman–Crippen MR) is 61.7 cm³/mol. The molecule has 0 aromatic heterocycles. The van der Waals surface area contributed by atoms with Gasteiger partial charge in [0.1, 0.15) is 6.04 Å². The van der Waals surface area contributed by atoms with Gasteiger partial charge in [-0.1, -0.05) is 0 Å². The van der Waals surface area contributed by atoms with Crippen molar-refractivity contribution in [1.29, 1.82) is 0 Å². The van der Waals surface area contributed by atoms with E-state index in [1.165, 1.54) is 0 Å². The molecule has 0 saturated heterocycles. The van der Waals surface area contributed by atoms with Crippen LogP contribution in [0.1, 0.15) is 33.6 Å². The molecule has 16 heavy (non-hydrogen) atoms. The van der Waals surface area contributed by atoms with Gasteiger partial charge < -0.3 is 16.2 Å². The van der Waals surface area contributed by atoms with Crippen LogP contribution >= 0.6 is 0 Å². The van der Waals surface area contributed by atoms with Crippen LogP contribution in [0.5, 0.6) is 0 Å². The van der Waals surface area contributed by atoms with Gasteiger partial charge in [0.25, 0.3) is 0 Å². The van der Waals surface area contributed by atoms with Crippen molar-refractivity contribution in [2.24, 2.45) is 5.73 Å². The summed E-state index contributed by atoms with van der Waals surface area (Å²) >= 11 is 0. The molecule has 6 nitrogen and oxygen atoms in total. The summed E-state index contributed by atoms with van der Waals surface area (Å²) in [4.78, 5) is 16.1. The molecule has 0 aliphatic heterocycles. The first-order valence-electron chi connectivity index (χ1n) is 5.44. The van der Waals surface area contributed by atoms with E-state index < -0.39 is 17.6 Å². The molecule has 0 heterocycles. The Morgan fingerprint density at radius 3 is 2.56 bits per heavy atom. The maximum absolute atomic E-state index is 10.9. The van der Waals surface area contributed by atoms with Gasteiger partial charge in [-0.15, -0.1) is 0 Å². The highest BCUT2D eigenvalue weighted by atomic mass is 16.7. The minimum atomic E-state index is -0.906. The molecule has 0 aromatic rings. The zero-order valence-corrected chi connectivity index (χ0v) is 10.2. The molecule has 96 valence electrons. The van der Waals surface area contributed by atoms with E-state index in [1.807, 2.05) is 20.8 Å². The Morgan fingerprint density at radius 2 is 2.12 bits per heavy atom. The lowest BCUT2D eigenvalue weighted by Gasteiger charge is -2.23. The van der Waals surface area contributed by atoms with Crippen LogP contribution in [0.15, 0.2) is 0 Å². The number of hydroxylamine groups is 1. The van der Waals surface area contributed by atoms with Crippen LogP contribution in [0.25, 0.3) is 0 Å². The summed E-state index contributed by atoms with van der Waals surface area (Å²) in [5, 5.41) is 11.9. The molecule has 1 unspecified atom stereocenters. The van der Waals surface area contributed by atoms with Gasteiger partial charge >= 0.3 is 5.97 Å². The van der Waals surface area contributed by atoms with Gasteiger partial charge in [0.15, 0.2) is 0 Å². The average molecular weight is 233 g/mol. The summed E-state index contributed by atoms with van der Waals surface area (Å²) in [7, 11) is 0. The summed E-state index contributed by atoms with van der Waals surface area (Å²) in [6.45, 7) is 6.68. The molecule has 0 saturated carbocycles. The summed E-state index contributed by atoms with van der Waals surface area (Å²) in [5.74, 6) is -0.906. The molecule has 0 fully saturated rings. The zero-order chi connectivity index (χ0) is 12.6. The smallest absolute Gasteiger partial charge is 0.323 e. The van der Waals surface area contributed by atoms with Crippen LogP contribution in [-0.2, 0) is 9.63 Å². The van der Waals surface area contributed by atoms with Crippen LogP contribution in [0, 0.1) is 0 Å². The molecule has 0 aliphatic rings. The SMILES string of the molecule is CC(C)(C)ONC(CCCNCN)C(=O)O. The molecule has 0 amide bonds. The van der Waals surface area contributed by atoms with Gasteiger partial charge in [0.2, 0.25) is 0 Å². The summed E-state index contributed by atoms with van der Waals surface area (Å²) < 4.78 is 0. The first-order chi connectivity index (χ1) is 7.37. The van der Waals surface area contributed by atoms with Gasteiger partial charge in [-0.05, 0) is 40.2 Å².